The molecule has 0 atom stereocenters. The van der Waals surface area contributed by atoms with E-state index in [2.05, 4.69) is 4.72 Å². The predicted octanol–water partition coefficient (Wildman–Crippen LogP) is 2.51. The van der Waals surface area contributed by atoms with Crippen molar-refractivity contribution >= 4 is 15.7 Å². The first-order valence-corrected chi connectivity index (χ1v) is 7.65. The van der Waals surface area contributed by atoms with Crippen molar-refractivity contribution in [2.24, 2.45) is 0 Å². The van der Waals surface area contributed by atoms with Crippen LogP contribution in [0.4, 0.5) is 5.69 Å². The van der Waals surface area contributed by atoms with Gasteiger partial charge in [0.1, 0.15) is 0 Å². The number of benzene rings is 2. The molecule has 2 aromatic rings. The summed E-state index contributed by atoms with van der Waals surface area (Å²) in [6.45, 7) is 0.312. The van der Waals surface area contributed by atoms with E-state index >= 15 is 0 Å². The van der Waals surface area contributed by atoms with Crippen molar-refractivity contribution < 1.29 is 13.2 Å². The SMILES string of the molecule is COCc1ccccc1NS(=O)(=O)c1ccc(C#N)cc1. The second kappa shape index (κ2) is 6.39. The topological polar surface area (TPSA) is 79.2 Å². The van der Waals surface area contributed by atoms with Crippen LogP contribution in [0.5, 0.6) is 0 Å². The Morgan fingerprint density at radius 2 is 1.81 bits per heavy atom. The molecule has 0 aliphatic rings. The average Bonchev–Trinajstić information content (AvgIpc) is 2.49. The maximum Gasteiger partial charge on any atom is 0.261 e. The van der Waals surface area contributed by atoms with Crippen LogP contribution >= 0.6 is 0 Å². The summed E-state index contributed by atoms with van der Waals surface area (Å²) in [6, 6.07) is 14.7. The largest absolute Gasteiger partial charge is 0.380 e. The molecule has 0 unspecified atom stereocenters. The molecule has 6 heteroatoms. The second-order valence-corrected chi connectivity index (χ2v) is 6.01. The molecule has 2 rings (SSSR count). The summed E-state index contributed by atoms with van der Waals surface area (Å²) in [6.07, 6.45) is 0. The van der Waals surface area contributed by atoms with Crippen LogP contribution in [0, 0.1) is 11.3 Å². The fraction of sp³-hybridized carbons (Fsp3) is 0.133. The Balaban J connectivity index is 2.31. The molecule has 0 radical (unpaired) electrons. The number of rotatable bonds is 5. The Morgan fingerprint density at radius 1 is 1.14 bits per heavy atom. The number of ether oxygens (including phenoxy) is 1. The molecule has 108 valence electrons. The van der Waals surface area contributed by atoms with Gasteiger partial charge in [-0.15, -0.1) is 0 Å². The standard InChI is InChI=1S/C15H14N2O3S/c1-20-11-13-4-2-3-5-15(13)17-21(18,19)14-8-6-12(10-16)7-9-14/h2-9,17H,11H2,1H3. The van der Waals surface area contributed by atoms with Gasteiger partial charge < -0.3 is 4.74 Å². The van der Waals surface area contributed by atoms with Crippen LogP contribution in [-0.4, -0.2) is 15.5 Å². The fourth-order valence-corrected chi connectivity index (χ4v) is 2.91. The monoisotopic (exact) mass is 302 g/mol. The van der Waals surface area contributed by atoms with E-state index < -0.39 is 10.0 Å². The number of nitrogens with zero attached hydrogens (tertiary/aromatic N) is 1. The molecular weight excluding hydrogens is 288 g/mol. The van der Waals surface area contributed by atoms with Crippen molar-refractivity contribution in [1.82, 2.24) is 0 Å². The van der Waals surface area contributed by atoms with Crippen LogP contribution in [0.15, 0.2) is 53.4 Å². The van der Waals surface area contributed by atoms with Gasteiger partial charge in [-0.05, 0) is 30.3 Å². The quantitative estimate of drug-likeness (QED) is 0.920. The number of para-hydroxylation sites is 1. The molecule has 21 heavy (non-hydrogen) atoms. The third kappa shape index (κ3) is 3.60. The summed E-state index contributed by atoms with van der Waals surface area (Å²) in [5.41, 5.74) is 1.63. The molecule has 0 aliphatic heterocycles. The molecule has 0 aromatic heterocycles. The zero-order valence-corrected chi connectivity index (χ0v) is 12.2. The Hall–Kier alpha value is -2.36. The molecule has 2 aromatic carbocycles. The van der Waals surface area contributed by atoms with Gasteiger partial charge in [0, 0.05) is 12.7 Å². The van der Waals surface area contributed by atoms with Gasteiger partial charge in [-0.3, -0.25) is 4.72 Å². The number of methoxy groups -OCH3 is 1. The van der Waals surface area contributed by atoms with Crippen LogP contribution in [0.25, 0.3) is 0 Å². The maximum atomic E-state index is 12.3. The molecule has 0 amide bonds. The molecular formula is C15H14N2O3S. The zero-order chi connectivity index (χ0) is 15.3. The third-order valence-corrected chi connectivity index (χ3v) is 4.24. The number of sulfonamides is 1. The summed E-state index contributed by atoms with van der Waals surface area (Å²) in [7, 11) is -2.15. The lowest BCUT2D eigenvalue weighted by molar-refractivity contribution is 0.185. The fourth-order valence-electron chi connectivity index (χ4n) is 1.81. The highest BCUT2D eigenvalue weighted by Gasteiger charge is 2.15. The second-order valence-electron chi connectivity index (χ2n) is 4.33. The summed E-state index contributed by atoms with van der Waals surface area (Å²) in [5.74, 6) is 0. The first-order chi connectivity index (χ1) is 10.1. The molecule has 1 N–H and O–H groups in total. The third-order valence-electron chi connectivity index (χ3n) is 2.86. The molecule has 0 fully saturated rings. The average molecular weight is 302 g/mol. The van der Waals surface area contributed by atoms with E-state index in [9.17, 15) is 8.42 Å². The highest BCUT2D eigenvalue weighted by molar-refractivity contribution is 7.92. The van der Waals surface area contributed by atoms with E-state index in [-0.39, 0.29) is 4.90 Å². The van der Waals surface area contributed by atoms with Gasteiger partial charge in [0.15, 0.2) is 0 Å². The highest BCUT2D eigenvalue weighted by Crippen LogP contribution is 2.20. The number of hydrogen-bond donors (Lipinski definition) is 1. The summed E-state index contributed by atoms with van der Waals surface area (Å²) < 4.78 is 32.2. The van der Waals surface area contributed by atoms with Gasteiger partial charge in [0.25, 0.3) is 10.0 Å². The Morgan fingerprint density at radius 3 is 2.43 bits per heavy atom. The first kappa shape index (κ1) is 15.0. The summed E-state index contributed by atoms with van der Waals surface area (Å²) in [5, 5.41) is 8.73. The minimum atomic E-state index is -3.69. The lowest BCUT2D eigenvalue weighted by Crippen LogP contribution is -2.14. The lowest BCUT2D eigenvalue weighted by atomic mass is 10.2. The normalized spacial score (nSPS) is 10.9. The predicted molar refractivity (Wildman–Crippen MR) is 79.1 cm³/mol. The van der Waals surface area contributed by atoms with Gasteiger partial charge in [-0.25, -0.2) is 8.42 Å². The molecule has 0 aliphatic carbocycles. The number of nitrogens with one attached hydrogen (secondary N) is 1. The van der Waals surface area contributed by atoms with Gasteiger partial charge >= 0.3 is 0 Å². The highest BCUT2D eigenvalue weighted by atomic mass is 32.2. The van der Waals surface area contributed by atoms with Crippen molar-refractivity contribution in [3.63, 3.8) is 0 Å². The minimum Gasteiger partial charge on any atom is -0.380 e. The van der Waals surface area contributed by atoms with E-state index in [4.69, 9.17) is 10.00 Å². The number of nitriles is 1. The van der Waals surface area contributed by atoms with Crippen molar-refractivity contribution in [2.75, 3.05) is 11.8 Å². The number of anilines is 1. The summed E-state index contributed by atoms with van der Waals surface area (Å²) >= 11 is 0. The molecule has 0 bridgehead atoms. The van der Waals surface area contributed by atoms with Gasteiger partial charge in [-0.1, -0.05) is 18.2 Å². The van der Waals surface area contributed by atoms with Crippen LogP contribution in [0.2, 0.25) is 0 Å². The van der Waals surface area contributed by atoms with Gasteiger partial charge in [0.2, 0.25) is 0 Å². The lowest BCUT2D eigenvalue weighted by Gasteiger charge is -2.12. The molecule has 0 saturated heterocycles. The first-order valence-electron chi connectivity index (χ1n) is 6.16. The van der Waals surface area contributed by atoms with Gasteiger partial charge in [-0.2, -0.15) is 5.26 Å². The minimum absolute atomic E-state index is 0.105. The van der Waals surface area contributed by atoms with Crippen molar-refractivity contribution in [3.8, 4) is 6.07 Å². The van der Waals surface area contributed by atoms with Gasteiger partial charge in [0.05, 0.1) is 28.8 Å². The van der Waals surface area contributed by atoms with Crippen molar-refractivity contribution in [3.05, 3.63) is 59.7 Å². The van der Waals surface area contributed by atoms with Crippen LogP contribution in [0.1, 0.15) is 11.1 Å². The molecule has 0 heterocycles. The Kier molecular flexibility index (Phi) is 4.58. The van der Waals surface area contributed by atoms with Crippen molar-refractivity contribution in [2.45, 2.75) is 11.5 Å². The maximum absolute atomic E-state index is 12.3. The number of hydrogen-bond acceptors (Lipinski definition) is 4. The van der Waals surface area contributed by atoms with E-state index in [1.165, 1.54) is 24.3 Å². The van der Waals surface area contributed by atoms with E-state index in [1.54, 1.807) is 25.3 Å². The van der Waals surface area contributed by atoms with Crippen LogP contribution in [0.3, 0.4) is 0 Å². The Bertz CT molecular complexity index is 762. The smallest absolute Gasteiger partial charge is 0.261 e. The van der Waals surface area contributed by atoms with E-state index in [0.717, 1.165) is 5.56 Å². The van der Waals surface area contributed by atoms with Crippen LogP contribution in [-0.2, 0) is 21.4 Å². The molecule has 0 spiro atoms. The van der Waals surface area contributed by atoms with E-state index in [0.29, 0.717) is 17.9 Å². The molecule has 5 nitrogen and oxygen atoms in total. The zero-order valence-electron chi connectivity index (χ0n) is 11.4. The summed E-state index contributed by atoms with van der Waals surface area (Å²) in [4.78, 5) is 0.105. The Labute approximate surface area is 123 Å². The van der Waals surface area contributed by atoms with Crippen molar-refractivity contribution in [1.29, 1.82) is 5.26 Å². The van der Waals surface area contributed by atoms with Crippen LogP contribution < -0.4 is 4.72 Å². The van der Waals surface area contributed by atoms with E-state index in [1.807, 2.05) is 12.1 Å². The molecule has 0 saturated carbocycles.